The molecule has 0 bridgehead atoms. The van der Waals surface area contributed by atoms with Crippen LogP contribution in [0.15, 0.2) is 29.8 Å². The summed E-state index contributed by atoms with van der Waals surface area (Å²) in [7, 11) is 3.26. The third-order valence-corrected chi connectivity index (χ3v) is 3.96. The van der Waals surface area contributed by atoms with Gasteiger partial charge in [0.05, 0.1) is 31.7 Å². The van der Waals surface area contributed by atoms with Gasteiger partial charge >= 0.3 is 0 Å². The summed E-state index contributed by atoms with van der Waals surface area (Å²) in [6.07, 6.45) is 1.67. The number of nitrogens with zero attached hydrogens (tertiary/aromatic N) is 2. The fraction of sp³-hybridized carbons (Fsp3) is 0.143. The number of nitrogens with one attached hydrogen (secondary N) is 1. The minimum atomic E-state index is 0.508. The van der Waals surface area contributed by atoms with Gasteiger partial charge in [-0.15, -0.1) is 11.3 Å². The zero-order valence-corrected chi connectivity index (χ0v) is 12.4. The van der Waals surface area contributed by atoms with Gasteiger partial charge in [-0.1, -0.05) is 0 Å². The van der Waals surface area contributed by atoms with Crippen molar-refractivity contribution < 1.29 is 9.47 Å². The number of aromatic nitrogens is 3. The molecule has 0 saturated carbocycles. The van der Waals surface area contributed by atoms with Crippen molar-refractivity contribution in [2.24, 2.45) is 0 Å². The number of hydrogen-bond donors (Lipinski definition) is 2. The van der Waals surface area contributed by atoms with Gasteiger partial charge in [0.15, 0.2) is 0 Å². The Hall–Kier alpha value is -2.54. The molecule has 0 aliphatic heterocycles. The van der Waals surface area contributed by atoms with E-state index in [9.17, 15) is 0 Å². The zero-order chi connectivity index (χ0) is 14.8. The second kappa shape index (κ2) is 5.45. The van der Waals surface area contributed by atoms with E-state index in [1.54, 1.807) is 20.4 Å². The molecular weight excluding hydrogens is 288 g/mol. The molecule has 108 valence electrons. The third kappa shape index (κ3) is 2.43. The molecule has 0 spiro atoms. The first kappa shape index (κ1) is 13.4. The SMILES string of the molecule is COc1ccc(OC)c(-c2csc(-c3cn[nH]c3N)n2)c1. The summed E-state index contributed by atoms with van der Waals surface area (Å²) in [6.45, 7) is 0. The van der Waals surface area contributed by atoms with E-state index < -0.39 is 0 Å². The van der Waals surface area contributed by atoms with E-state index in [0.29, 0.717) is 5.82 Å². The Morgan fingerprint density at radius 2 is 2.05 bits per heavy atom. The van der Waals surface area contributed by atoms with Crippen LogP contribution in [0.1, 0.15) is 0 Å². The molecule has 2 aromatic heterocycles. The van der Waals surface area contributed by atoms with E-state index in [-0.39, 0.29) is 0 Å². The predicted molar refractivity (Wildman–Crippen MR) is 82.6 cm³/mol. The van der Waals surface area contributed by atoms with Crippen LogP contribution in [0, 0.1) is 0 Å². The summed E-state index contributed by atoms with van der Waals surface area (Å²) in [5.74, 6) is 2.00. The summed E-state index contributed by atoms with van der Waals surface area (Å²) in [5, 5.41) is 9.38. The van der Waals surface area contributed by atoms with Gasteiger partial charge in [0.2, 0.25) is 0 Å². The minimum absolute atomic E-state index is 0.508. The highest BCUT2D eigenvalue weighted by Crippen LogP contribution is 2.36. The number of methoxy groups -OCH3 is 2. The van der Waals surface area contributed by atoms with E-state index in [4.69, 9.17) is 15.2 Å². The smallest absolute Gasteiger partial charge is 0.129 e. The van der Waals surface area contributed by atoms with Gasteiger partial charge in [0.1, 0.15) is 22.3 Å². The molecule has 0 fully saturated rings. The Labute approximate surface area is 125 Å². The van der Waals surface area contributed by atoms with Gasteiger partial charge < -0.3 is 15.2 Å². The highest BCUT2D eigenvalue weighted by molar-refractivity contribution is 7.13. The lowest BCUT2D eigenvalue weighted by Crippen LogP contribution is -1.91. The van der Waals surface area contributed by atoms with Crippen LogP contribution in [0.25, 0.3) is 21.8 Å². The monoisotopic (exact) mass is 302 g/mol. The number of thiazole rings is 1. The molecule has 0 aliphatic rings. The summed E-state index contributed by atoms with van der Waals surface area (Å²) in [4.78, 5) is 4.61. The quantitative estimate of drug-likeness (QED) is 0.774. The van der Waals surface area contributed by atoms with Crippen molar-refractivity contribution in [2.75, 3.05) is 20.0 Å². The van der Waals surface area contributed by atoms with Crippen LogP contribution in [0.4, 0.5) is 5.82 Å². The van der Waals surface area contributed by atoms with Crippen LogP contribution in [-0.4, -0.2) is 29.4 Å². The molecule has 0 unspecified atom stereocenters. The standard InChI is InChI=1S/C14H14N4O2S/c1-19-8-3-4-12(20-2)9(5-8)11-7-21-14(17-11)10-6-16-18-13(10)15/h3-7H,1-2H3,(H3,15,16,18). The Bertz CT molecular complexity index is 766. The molecule has 0 radical (unpaired) electrons. The maximum atomic E-state index is 5.83. The van der Waals surface area contributed by atoms with Crippen LogP contribution in [0.5, 0.6) is 11.5 Å². The molecule has 7 heteroatoms. The van der Waals surface area contributed by atoms with Gasteiger partial charge in [0, 0.05) is 10.9 Å². The molecule has 3 aromatic rings. The number of rotatable bonds is 4. The molecule has 3 rings (SSSR count). The van der Waals surface area contributed by atoms with E-state index in [2.05, 4.69) is 15.2 Å². The molecule has 2 heterocycles. The van der Waals surface area contributed by atoms with Gasteiger partial charge in [-0.05, 0) is 18.2 Å². The average Bonchev–Trinajstić information content (AvgIpc) is 3.15. The van der Waals surface area contributed by atoms with Gasteiger partial charge in [-0.2, -0.15) is 5.10 Å². The van der Waals surface area contributed by atoms with E-state index in [1.165, 1.54) is 11.3 Å². The molecule has 0 atom stereocenters. The summed E-state index contributed by atoms with van der Waals surface area (Å²) in [5.41, 5.74) is 8.31. The highest BCUT2D eigenvalue weighted by atomic mass is 32.1. The number of hydrogen-bond acceptors (Lipinski definition) is 6. The molecule has 0 aliphatic carbocycles. The van der Waals surface area contributed by atoms with E-state index in [1.807, 2.05) is 23.6 Å². The average molecular weight is 302 g/mol. The Morgan fingerprint density at radius 1 is 1.19 bits per heavy atom. The molecule has 0 amide bonds. The van der Waals surface area contributed by atoms with Crippen molar-refractivity contribution in [3.63, 3.8) is 0 Å². The van der Waals surface area contributed by atoms with Crippen LogP contribution in [0.2, 0.25) is 0 Å². The Morgan fingerprint density at radius 3 is 2.71 bits per heavy atom. The van der Waals surface area contributed by atoms with E-state index >= 15 is 0 Å². The topological polar surface area (TPSA) is 86.0 Å². The second-order valence-corrected chi connectivity index (χ2v) is 5.16. The van der Waals surface area contributed by atoms with Crippen molar-refractivity contribution in [1.29, 1.82) is 0 Å². The van der Waals surface area contributed by atoms with Crippen LogP contribution >= 0.6 is 11.3 Å². The van der Waals surface area contributed by atoms with Crippen molar-refractivity contribution >= 4 is 17.2 Å². The minimum Gasteiger partial charge on any atom is -0.497 e. The molecule has 3 N–H and O–H groups in total. The van der Waals surface area contributed by atoms with Crippen molar-refractivity contribution in [3.05, 3.63) is 29.8 Å². The lowest BCUT2D eigenvalue weighted by Gasteiger charge is -2.08. The number of nitrogen functional groups attached to an aromatic ring is 1. The first-order valence-corrected chi connectivity index (χ1v) is 7.08. The molecule has 1 aromatic carbocycles. The molecule has 6 nitrogen and oxygen atoms in total. The second-order valence-electron chi connectivity index (χ2n) is 4.30. The first-order chi connectivity index (χ1) is 10.2. The number of aromatic amines is 1. The Balaban J connectivity index is 2.05. The van der Waals surface area contributed by atoms with Gasteiger partial charge in [-0.3, -0.25) is 5.10 Å². The molecular formula is C14H14N4O2S. The van der Waals surface area contributed by atoms with Crippen LogP contribution in [-0.2, 0) is 0 Å². The van der Waals surface area contributed by atoms with Crippen LogP contribution < -0.4 is 15.2 Å². The number of nitrogens with two attached hydrogens (primary N) is 1. The normalized spacial score (nSPS) is 10.6. The fourth-order valence-corrected chi connectivity index (χ4v) is 2.85. The Kier molecular flexibility index (Phi) is 3.49. The largest absolute Gasteiger partial charge is 0.497 e. The first-order valence-electron chi connectivity index (χ1n) is 6.20. The maximum absolute atomic E-state index is 5.83. The third-order valence-electron chi connectivity index (χ3n) is 3.09. The summed E-state index contributed by atoms with van der Waals surface area (Å²) in [6, 6.07) is 5.61. The van der Waals surface area contributed by atoms with E-state index in [0.717, 1.165) is 33.3 Å². The summed E-state index contributed by atoms with van der Waals surface area (Å²) >= 11 is 1.50. The molecule has 21 heavy (non-hydrogen) atoms. The van der Waals surface area contributed by atoms with Crippen molar-refractivity contribution in [2.45, 2.75) is 0 Å². The zero-order valence-electron chi connectivity index (χ0n) is 11.6. The van der Waals surface area contributed by atoms with Crippen molar-refractivity contribution in [3.8, 4) is 33.3 Å². The number of H-pyrrole nitrogens is 1. The lowest BCUT2D eigenvalue weighted by atomic mass is 10.1. The fourth-order valence-electron chi connectivity index (χ4n) is 2.00. The van der Waals surface area contributed by atoms with Gasteiger partial charge in [0.25, 0.3) is 0 Å². The van der Waals surface area contributed by atoms with Gasteiger partial charge in [-0.25, -0.2) is 4.98 Å². The predicted octanol–water partition coefficient (Wildman–Crippen LogP) is 2.80. The van der Waals surface area contributed by atoms with Crippen molar-refractivity contribution in [1.82, 2.24) is 15.2 Å². The number of ether oxygens (including phenoxy) is 2. The summed E-state index contributed by atoms with van der Waals surface area (Å²) < 4.78 is 10.6. The highest BCUT2D eigenvalue weighted by Gasteiger charge is 2.14. The molecule has 0 saturated heterocycles. The number of benzene rings is 1. The van der Waals surface area contributed by atoms with Crippen LogP contribution in [0.3, 0.4) is 0 Å². The maximum Gasteiger partial charge on any atom is 0.129 e. The number of anilines is 1. The lowest BCUT2D eigenvalue weighted by molar-refractivity contribution is 0.404.